The van der Waals surface area contributed by atoms with Gasteiger partial charge in [0.15, 0.2) is 5.89 Å². The summed E-state index contributed by atoms with van der Waals surface area (Å²) in [6.45, 7) is 5.28. The maximum atomic E-state index is 12.3. The van der Waals surface area contributed by atoms with Crippen LogP contribution < -0.4 is 4.72 Å². The molecule has 0 unspecified atom stereocenters. The van der Waals surface area contributed by atoms with Gasteiger partial charge in [-0.2, -0.15) is 0 Å². The molecule has 0 radical (unpaired) electrons. The minimum absolute atomic E-state index is 0.114. The van der Waals surface area contributed by atoms with Crippen LogP contribution >= 0.6 is 0 Å². The van der Waals surface area contributed by atoms with Gasteiger partial charge in [0.2, 0.25) is 15.8 Å². The van der Waals surface area contributed by atoms with Crippen molar-refractivity contribution in [3.63, 3.8) is 0 Å². The van der Waals surface area contributed by atoms with Crippen molar-refractivity contribution in [3.05, 3.63) is 34.9 Å². The van der Waals surface area contributed by atoms with Crippen LogP contribution in [0, 0.1) is 13.8 Å². The number of sulfonamides is 1. The summed E-state index contributed by atoms with van der Waals surface area (Å²) in [6.07, 6.45) is 0.638. The van der Waals surface area contributed by atoms with Crippen molar-refractivity contribution >= 4 is 16.0 Å². The summed E-state index contributed by atoms with van der Waals surface area (Å²) in [5, 5.41) is 8.91. The van der Waals surface area contributed by atoms with E-state index in [1.165, 1.54) is 0 Å². The average Bonchev–Trinajstić information content (AvgIpc) is 3.03. The Morgan fingerprint density at radius 1 is 1.35 bits per heavy atom. The summed E-state index contributed by atoms with van der Waals surface area (Å²) >= 11 is 0. The summed E-state index contributed by atoms with van der Waals surface area (Å²) < 4.78 is 37.4. The molecule has 2 rings (SSSR count). The molecule has 0 aromatic carbocycles. The van der Waals surface area contributed by atoms with E-state index in [-0.39, 0.29) is 23.6 Å². The number of carbonyl (C=O) groups is 1. The van der Waals surface area contributed by atoms with Gasteiger partial charge in [0, 0.05) is 32.4 Å². The molecule has 126 valence electrons. The molecule has 2 heterocycles. The van der Waals surface area contributed by atoms with Crippen molar-refractivity contribution in [1.82, 2.24) is 9.71 Å². The minimum Gasteiger partial charge on any atom is -0.475 e. The Hall–Kier alpha value is -2.13. The van der Waals surface area contributed by atoms with Crippen LogP contribution in [0.2, 0.25) is 0 Å². The highest BCUT2D eigenvalue weighted by molar-refractivity contribution is 7.89. The average molecular weight is 342 g/mol. The van der Waals surface area contributed by atoms with Crippen LogP contribution in [0.5, 0.6) is 0 Å². The first kappa shape index (κ1) is 17.2. The van der Waals surface area contributed by atoms with Crippen LogP contribution in [0.25, 0.3) is 0 Å². The molecule has 8 nitrogen and oxygen atoms in total. The molecule has 0 saturated heterocycles. The number of rotatable bonds is 7. The maximum absolute atomic E-state index is 12.3. The zero-order valence-corrected chi connectivity index (χ0v) is 13.9. The first-order valence-electron chi connectivity index (χ1n) is 7.03. The molecule has 9 heteroatoms. The Morgan fingerprint density at radius 3 is 2.57 bits per heavy atom. The van der Waals surface area contributed by atoms with Crippen LogP contribution in [0.1, 0.15) is 40.6 Å². The normalized spacial score (nSPS) is 11.8. The van der Waals surface area contributed by atoms with E-state index in [1.54, 1.807) is 20.8 Å². The van der Waals surface area contributed by atoms with E-state index in [0.29, 0.717) is 23.8 Å². The Bertz CT molecular complexity index is 818. The molecule has 2 N–H and O–H groups in total. The van der Waals surface area contributed by atoms with Gasteiger partial charge in [-0.3, -0.25) is 0 Å². The van der Waals surface area contributed by atoms with Crippen LogP contribution in [0.3, 0.4) is 0 Å². The molecule has 2 aromatic heterocycles. The molecule has 0 spiro atoms. The van der Waals surface area contributed by atoms with E-state index < -0.39 is 21.8 Å². The number of hydrogen-bond donors (Lipinski definition) is 2. The number of hydrogen-bond acceptors (Lipinski definition) is 6. The van der Waals surface area contributed by atoms with Gasteiger partial charge in [-0.25, -0.2) is 22.9 Å². The van der Waals surface area contributed by atoms with Gasteiger partial charge in [0.25, 0.3) is 0 Å². The SMILES string of the molecule is CCc1oc(C(=O)O)cc1S(=O)(=O)NCCc1nc(C)oc1C. The van der Waals surface area contributed by atoms with Gasteiger partial charge in [-0.1, -0.05) is 6.92 Å². The molecule has 0 amide bonds. The van der Waals surface area contributed by atoms with Crippen LogP contribution in [0.4, 0.5) is 0 Å². The zero-order valence-electron chi connectivity index (χ0n) is 13.0. The lowest BCUT2D eigenvalue weighted by Gasteiger charge is -2.05. The van der Waals surface area contributed by atoms with Crippen LogP contribution in [-0.2, 0) is 22.9 Å². The fraction of sp³-hybridized carbons (Fsp3) is 0.429. The van der Waals surface area contributed by atoms with E-state index in [1.807, 2.05) is 0 Å². The standard InChI is InChI=1S/C14H18N2O6S/c1-4-11-13(7-12(22-11)14(17)18)23(19,20)15-6-5-10-8(2)21-9(3)16-10/h7,15H,4-6H2,1-3H3,(H,17,18). The third-order valence-corrected chi connectivity index (χ3v) is 4.75. The van der Waals surface area contributed by atoms with Crippen molar-refractivity contribution in [2.24, 2.45) is 0 Å². The molecular weight excluding hydrogens is 324 g/mol. The summed E-state index contributed by atoms with van der Waals surface area (Å²) in [4.78, 5) is 14.9. The Labute approximate surface area is 133 Å². The maximum Gasteiger partial charge on any atom is 0.371 e. The number of nitrogens with one attached hydrogen (secondary N) is 1. The molecule has 0 bridgehead atoms. The van der Waals surface area contributed by atoms with Gasteiger partial charge < -0.3 is 13.9 Å². The second-order valence-electron chi connectivity index (χ2n) is 4.94. The molecular formula is C14H18N2O6S. The van der Waals surface area contributed by atoms with Crippen molar-refractivity contribution in [2.45, 2.75) is 38.5 Å². The number of carboxylic acids is 1. The molecule has 23 heavy (non-hydrogen) atoms. The third kappa shape index (κ3) is 3.80. The topological polar surface area (TPSA) is 123 Å². The number of aromatic carboxylic acids is 1. The predicted molar refractivity (Wildman–Crippen MR) is 79.9 cm³/mol. The number of nitrogens with zero attached hydrogens (tertiary/aromatic N) is 1. The van der Waals surface area contributed by atoms with Crippen molar-refractivity contribution in [1.29, 1.82) is 0 Å². The predicted octanol–water partition coefficient (Wildman–Crippen LogP) is 1.67. The van der Waals surface area contributed by atoms with Crippen molar-refractivity contribution in [3.8, 4) is 0 Å². The minimum atomic E-state index is -3.86. The lowest BCUT2D eigenvalue weighted by molar-refractivity contribution is 0.0660. The molecule has 0 aliphatic heterocycles. The second-order valence-corrected chi connectivity index (χ2v) is 6.68. The molecule has 0 saturated carbocycles. The number of carboxylic acid groups (broad SMARTS) is 1. The summed E-state index contributed by atoms with van der Waals surface area (Å²) in [5.41, 5.74) is 0.680. The first-order chi connectivity index (χ1) is 10.7. The third-order valence-electron chi connectivity index (χ3n) is 3.25. The molecule has 0 aliphatic carbocycles. The molecule has 0 atom stereocenters. The Kier molecular flexibility index (Phi) is 4.90. The highest BCUT2D eigenvalue weighted by atomic mass is 32.2. The number of aromatic nitrogens is 1. The largest absolute Gasteiger partial charge is 0.475 e. The molecule has 2 aromatic rings. The summed E-state index contributed by atoms with van der Waals surface area (Å²) in [7, 11) is -3.86. The zero-order chi connectivity index (χ0) is 17.2. The van der Waals surface area contributed by atoms with Crippen LogP contribution in [0.15, 0.2) is 19.8 Å². The van der Waals surface area contributed by atoms with Gasteiger partial charge >= 0.3 is 5.97 Å². The lowest BCUT2D eigenvalue weighted by atomic mass is 10.3. The van der Waals surface area contributed by atoms with Gasteiger partial charge in [0.05, 0.1) is 5.69 Å². The Morgan fingerprint density at radius 2 is 2.04 bits per heavy atom. The van der Waals surface area contributed by atoms with E-state index in [9.17, 15) is 13.2 Å². The summed E-state index contributed by atoms with van der Waals surface area (Å²) in [6, 6.07) is 1.02. The smallest absolute Gasteiger partial charge is 0.371 e. The van der Waals surface area contributed by atoms with Crippen LogP contribution in [-0.4, -0.2) is 31.0 Å². The monoisotopic (exact) mass is 342 g/mol. The molecule has 0 fully saturated rings. The van der Waals surface area contributed by atoms with E-state index in [4.69, 9.17) is 13.9 Å². The number of aryl methyl sites for hydroxylation is 3. The quantitative estimate of drug-likeness (QED) is 0.784. The van der Waals surface area contributed by atoms with E-state index in [2.05, 4.69) is 9.71 Å². The van der Waals surface area contributed by atoms with E-state index >= 15 is 0 Å². The lowest BCUT2D eigenvalue weighted by Crippen LogP contribution is -2.26. The fourth-order valence-corrected chi connectivity index (χ4v) is 3.45. The number of furan rings is 1. The highest BCUT2D eigenvalue weighted by Crippen LogP contribution is 2.21. The summed E-state index contributed by atoms with van der Waals surface area (Å²) in [5.74, 6) is -0.426. The molecule has 0 aliphatic rings. The second kappa shape index (κ2) is 6.55. The van der Waals surface area contributed by atoms with Gasteiger partial charge in [0.1, 0.15) is 16.4 Å². The fourth-order valence-electron chi connectivity index (χ4n) is 2.18. The first-order valence-corrected chi connectivity index (χ1v) is 8.51. The van der Waals surface area contributed by atoms with Gasteiger partial charge in [-0.15, -0.1) is 0 Å². The van der Waals surface area contributed by atoms with E-state index in [0.717, 1.165) is 6.07 Å². The Balaban J connectivity index is 2.12. The van der Waals surface area contributed by atoms with Crippen molar-refractivity contribution in [2.75, 3.05) is 6.54 Å². The number of oxazole rings is 1. The van der Waals surface area contributed by atoms with Gasteiger partial charge in [-0.05, 0) is 6.92 Å². The van der Waals surface area contributed by atoms with Crippen molar-refractivity contribution < 1.29 is 27.2 Å². The highest BCUT2D eigenvalue weighted by Gasteiger charge is 2.25.